The van der Waals surface area contributed by atoms with E-state index in [1.807, 2.05) is 32.0 Å². The Balaban J connectivity index is 2.66. The first-order valence-corrected chi connectivity index (χ1v) is 5.66. The van der Waals surface area contributed by atoms with E-state index in [1.165, 1.54) is 11.6 Å². The molecule has 4 nitrogen and oxygen atoms in total. The molecule has 0 atom stereocenters. The SMILES string of the molecule is Cc1ccc(-n2nc(C=O)c(=O)cc2C)cc1C. The average molecular weight is 242 g/mol. The summed E-state index contributed by atoms with van der Waals surface area (Å²) in [5.41, 5.74) is 3.46. The maximum Gasteiger partial charge on any atom is 0.211 e. The van der Waals surface area contributed by atoms with E-state index in [9.17, 15) is 9.59 Å². The smallest absolute Gasteiger partial charge is 0.211 e. The highest BCUT2D eigenvalue weighted by Crippen LogP contribution is 2.14. The van der Waals surface area contributed by atoms with Gasteiger partial charge in [0, 0.05) is 11.8 Å². The molecule has 0 aliphatic carbocycles. The number of benzene rings is 1. The number of carbonyl (C=O) groups excluding carboxylic acids is 1. The third-order valence-electron chi connectivity index (χ3n) is 2.98. The van der Waals surface area contributed by atoms with Gasteiger partial charge in [-0.25, -0.2) is 4.68 Å². The fraction of sp³-hybridized carbons (Fsp3) is 0.214. The van der Waals surface area contributed by atoms with Crippen molar-refractivity contribution in [1.29, 1.82) is 0 Å². The zero-order valence-corrected chi connectivity index (χ0v) is 10.6. The van der Waals surface area contributed by atoms with Crippen molar-refractivity contribution in [3.05, 3.63) is 57.0 Å². The number of aryl methyl sites for hydroxylation is 3. The molecule has 1 aromatic carbocycles. The lowest BCUT2D eigenvalue weighted by Crippen LogP contribution is -2.18. The normalized spacial score (nSPS) is 10.4. The van der Waals surface area contributed by atoms with Crippen LogP contribution < -0.4 is 5.43 Å². The summed E-state index contributed by atoms with van der Waals surface area (Å²) in [5, 5.41) is 4.07. The number of nitrogens with zero attached hydrogens (tertiary/aromatic N) is 2. The molecule has 0 aliphatic heterocycles. The first-order chi connectivity index (χ1) is 8.52. The van der Waals surface area contributed by atoms with E-state index in [1.54, 1.807) is 11.6 Å². The fourth-order valence-corrected chi connectivity index (χ4v) is 1.76. The third-order valence-corrected chi connectivity index (χ3v) is 2.98. The Bertz CT molecular complexity index is 672. The van der Waals surface area contributed by atoms with Gasteiger partial charge in [-0.15, -0.1) is 0 Å². The van der Waals surface area contributed by atoms with Gasteiger partial charge in [0.15, 0.2) is 12.0 Å². The summed E-state index contributed by atoms with van der Waals surface area (Å²) in [4.78, 5) is 22.2. The van der Waals surface area contributed by atoms with E-state index in [4.69, 9.17) is 0 Å². The lowest BCUT2D eigenvalue weighted by molar-refractivity contribution is 0.111. The van der Waals surface area contributed by atoms with E-state index in [0.717, 1.165) is 11.3 Å². The molecule has 4 heteroatoms. The van der Waals surface area contributed by atoms with Gasteiger partial charge in [-0.05, 0) is 44.0 Å². The predicted octanol–water partition coefficient (Wildman–Crippen LogP) is 1.97. The summed E-state index contributed by atoms with van der Waals surface area (Å²) in [5.74, 6) is 0. The summed E-state index contributed by atoms with van der Waals surface area (Å²) >= 11 is 0. The number of hydrogen-bond acceptors (Lipinski definition) is 3. The number of hydrogen-bond donors (Lipinski definition) is 0. The Morgan fingerprint density at radius 1 is 1.11 bits per heavy atom. The molecule has 0 amide bonds. The molecule has 0 aliphatic rings. The molecular weight excluding hydrogens is 228 g/mol. The first-order valence-electron chi connectivity index (χ1n) is 5.66. The van der Waals surface area contributed by atoms with Gasteiger partial charge in [0.1, 0.15) is 0 Å². The standard InChI is InChI=1S/C14H14N2O2/c1-9-4-5-12(6-10(9)2)16-11(3)7-14(18)13(8-17)15-16/h4-8H,1-3H3. The predicted molar refractivity (Wildman–Crippen MR) is 69.4 cm³/mol. The van der Waals surface area contributed by atoms with Crippen LogP contribution in [0.4, 0.5) is 0 Å². The number of carbonyl (C=O) groups is 1. The van der Waals surface area contributed by atoms with E-state index in [-0.39, 0.29) is 11.1 Å². The molecule has 0 N–H and O–H groups in total. The fourth-order valence-electron chi connectivity index (χ4n) is 1.76. The molecule has 0 bridgehead atoms. The maximum atomic E-state index is 11.5. The Kier molecular flexibility index (Phi) is 3.10. The minimum Gasteiger partial charge on any atom is -0.296 e. The third kappa shape index (κ3) is 2.09. The second-order valence-electron chi connectivity index (χ2n) is 4.33. The van der Waals surface area contributed by atoms with Crippen LogP contribution in [0.3, 0.4) is 0 Å². The van der Waals surface area contributed by atoms with Crippen molar-refractivity contribution >= 4 is 6.29 Å². The van der Waals surface area contributed by atoms with Crippen molar-refractivity contribution in [2.75, 3.05) is 0 Å². The summed E-state index contributed by atoms with van der Waals surface area (Å²) in [7, 11) is 0. The molecule has 0 saturated heterocycles. The van der Waals surface area contributed by atoms with Crippen molar-refractivity contribution in [2.45, 2.75) is 20.8 Å². The van der Waals surface area contributed by atoms with Crippen LogP contribution in [0.1, 0.15) is 27.3 Å². The Hall–Kier alpha value is -2.23. The molecule has 0 radical (unpaired) electrons. The van der Waals surface area contributed by atoms with Gasteiger partial charge in [0.2, 0.25) is 5.43 Å². The molecule has 2 aromatic rings. The van der Waals surface area contributed by atoms with Crippen molar-refractivity contribution in [3.8, 4) is 5.69 Å². The van der Waals surface area contributed by atoms with E-state index in [0.29, 0.717) is 12.0 Å². The molecule has 0 unspecified atom stereocenters. The quantitative estimate of drug-likeness (QED) is 0.756. The molecule has 0 fully saturated rings. The Labute approximate surface area is 105 Å². The van der Waals surface area contributed by atoms with Crippen LogP contribution in [0.2, 0.25) is 0 Å². The highest BCUT2D eigenvalue weighted by Gasteiger charge is 2.07. The van der Waals surface area contributed by atoms with Gasteiger partial charge >= 0.3 is 0 Å². The number of aromatic nitrogens is 2. The number of aldehydes is 1. The Morgan fingerprint density at radius 3 is 2.44 bits per heavy atom. The largest absolute Gasteiger partial charge is 0.296 e. The molecule has 92 valence electrons. The van der Waals surface area contributed by atoms with Crippen LogP contribution >= 0.6 is 0 Å². The van der Waals surface area contributed by atoms with Crippen LogP contribution in [0.5, 0.6) is 0 Å². The van der Waals surface area contributed by atoms with Crippen LogP contribution in [0, 0.1) is 20.8 Å². The van der Waals surface area contributed by atoms with Gasteiger partial charge in [-0.1, -0.05) is 6.07 Å². The van der Waals surface area contributed by atoms with Gasteiger partial charge in [0.05, 0.1) is 5.69 Å². The molecular formula is C14H14N2O2. The average Bonchev–Trinajstić information content (AvgIpc) is 2.33. The summed E-state index contributed by atoms with van der Waals surface area (Å²) < 4.78 is 1.61. The maximum absolute atomic E-state index is 11.5. The van der Waals surface area contributed by atoms with Crippen molar-refractivity contribution in [1.82, 2.24) is 9.78 Å². The topological polar surface area (TPSA) is 52.0 Å². The monoisotopic (exact) mass is 242 g/mol. The van der Waals surface area contributed by atoms with E-state index in [2.05, 4.69) is 5.10 Å². The zero-order valence-electron chi connectivity index (χ0n) is 10.6. The minimum atomic E-state index is -0.345. The summed E-state index contributed by atoms with van der Waals surface area (Å²) in [6, 6.07) is 7.31. The van der Waals surface area contributed by atoms with Crippen LogP contribution in [-0.2, 0) is 0 Å². The highest BCUT2D eigenvalue weighted by atomic mass is 16.1. The van der Waals surface area contributed by atoms with Gasteiger partial charge in [0.25, 0.3) is 0 Å². The molecule has 0 saturated carbocycles. The lowest BCUT2D eigenvalue weighted by atomic mass is 10.1. The van der Waals surface area contributed by atoms with E-state index < -0.39 is 0 Å². The van der Waals surface area contributed by atoms with Crippen molar-refractivity contribution in [2.24, 2.45) is 0 Å². The molecule has 2 rings (SSSR count). The second-order valence-corrected chi connectivity index (χ2v) is 4.33. The first kappa shape index (κ1) is 12.2. The van der Waals surface area contributed by atoms with Crippen molar-refractivity contribution in [3.63, 3.8) is 0 Å². The molecule has 1 aromatic heterocycles. The number of rotatable bonds is 2. The highest BCUT2D eigenvalue weighted by molar-refractivity contribution is 5.71. The van der Waals surface area contributed by atoms with Gasteiger partial charge in [-0.2, -0.15) is 5.10 Å². The van der Waals surface area contributed by atoms with Crippen LogP contribution in [-0.4, -0.2) is 16.1 Å². The van der Waals surface area contributed by atoms with E-state index >= 15 is 0 Å². The van der Waals surface area contributed by atoms with Gasteiger partial charge in [-0.3, -0.25) is 9.59 Å². The summed E-state index contributed by atoms with van der Waals surface area (Å²) in [6.45, 7) is 5.83. The summed E-state index contributed by atoms with van der Waals surface area (Å²) in [6.07, 6.45) is 0.485. The van der Waals surface area contributed by atoms with Crippen LogP contribution in [0.15, 0.2) is 29.1 Å². The van der Waals surface area contributed by atoms with Crippen molar-refractivity contribution < 1.29 is 4.79 Å². The zero-order chi connectivity index (χ0) is 13.3. The van der Waals surface area contributed by atoms with Crippen LogP contribution in [0.25, 0.3) is 5.69 Å². The molecule has 1 heterocycles. The lowest BCUT2D eigenvalue weighted by Gasteiger charge is -2.11. The molecule has 18 heavy (non-hydrogen) atoms. The molecule has 0 spiro atoms. The van der Waals surface area contributed by atoms with Gasteiger partial charge < -0.3 is 0 Å². The Morgan fingerprint density at radius 2 is 1.83 bits per heavy atom. The second kappa shape index (κ2) is 4.56. The minimum absolute atomic E-state index is 0.0705.